The van der Waals surface area contributed by atoms with Gasteiger partial charge in [0.2, 0.25) is 0 Å². The Hall–Kier alpha value is -4.64. The number of amides is 2. The van der Waals surface area contributed by atoms with Crippen LogP contribution in [0, 0.1) is 24.1 Å². The number of para-hydroxylation sites is 2. The van der Waals surface area contributed by atoms with Crippen LogP contribution in [0.5, 0.6) is 11.5 Å². The van der Waals surface area contributed by atoms with Crippen LogP contribution in [0.2, 0.25) is 0 Å². The van der Waals surface area contributed by atoms with Crippen LogP contribution in [-0.2, 0) is 9.59 Å². The van der Waals surface area contributed by atoms with Crippen molar-refractivity contribution in [3.63, 3.8) is 0 Å². The molecule has 178 valence electrons. The van der Waals surface area contributed by atoms with E-state index in [1.54, 1.807) is 43.3 Å². The van der Waals surface area contributed by atoms with Crippen LogP contribution < -0.4 is 20.1 Å². The third kappa shape index (κ3) is 6.92. The van der Waals surface area contributed by atoms with Gasteiger partial charge < -0.3 is 20.1 Å². The maximum atomic E-state index is 13.7. The molecule has 0 fully saturated rings. The van der Waals surface area contributed by atoms with E-state index in [1.807, 2.05) is 25.1 Å². The molecular weight excluding hydrogens is 449 g/mol. The summed E-state index contributed by atoms with van der Waals surface area (Å²) >= 11 is 0. The minimum absolute atomic E-state index is 0.0552. The Labute approximate surface area is 202 Å². The zero-order chi connectivity index (χ0) is 25.2. The first-order chi connectivity index (χ1) is 16.9. The third-order valence-electron chi connectivity index (χ3n) is 4.84. The monoisotopic (exact) mass is 473 g/mol. The Kier molecular flexibility index (Phi) is 8.57. The van der Waals surface area contributed by atoms with Gasteiger partial charge >= 0.3 is 0 Å². The van der Waals surface area contributed by atoms with E-state index in [0.29, 0.717) is 23.6 Å². The molecule has 0 aliphatic rings. The van der Waals surface area contributed by atoms with Gasteiger partial charge in [-0.05, 0) is 61.4 Å². The summed E-state index contributed by atoms with van der Waals surface area (Å²) in [4.78, 5) is 24.8. The van der Waals surface area contributed by atoms with Gasteiger partial charge in [-0.2, -0.15) is 5.26 Å². The molecule has 2 N–H and O–H groups in total. The number of nitriles is 1. The van der Waals surface area contributed by atoms with Crippen molar-refractivity contribution in [2.45, 2.75) is 13.8 Å². The van der Waals surface area contributed by atoms with E-state index >= 15 is 0 Å². The fraction of sp³-hybridized carbons (Fsp3) is 0.148. The van der Waals surface area contributed by atoms with Crippen LogP contribution in [0.25, 0.3) is 6.08 Å². The molecule has 3 rings (SSSR count). The summed E-state index contributed by atoms with van der Waals surface area (Å²) in [5.74, 6) is -1.01. The van der Waals surface area contributed by atoms with Gasteiger partial charge in [0.15, 0.2) is 18.1 Å². The molecule has 0 spiro atoms. The molecule has 3 aromatic carbocycles. The normalized spacial score (nSPS) is 10.7. The van der Waals surface area contributed by atoms with Crippen molar-refractivity contribution in [3.8, 4) is 17.6 Å². The molecule has 0 heterocycles. The molecule has 0 aromatic heterocycles. The largest absolute Gasteiger partial charge is 0.490 e. The summed E-state index contributed by atoms with van der Waals surface area (Å²) in [6.45, 7) is 3.60. The van der Waals surface area contributed by atoms with Gasteiger partial charge in [-0.15, -0.1) is 0 Å². The van der Waals surface area contributed by atoms with Crippen LogP contribution in [0.4, 0.5) is 15.8 Å². The van der Waals surface area contributed by atoms with E-state index in [4.69, 9.17) is 9.47 Å². The van der Waals surface area contributed by atoms with E-state index < -0.39 is 17.6 Å². The Bertz CT molecular complexity index is 1300. The predicted molar refractivity (Wildman–Crippen MR) is 132 cm³/mol. The van der Waals surface area contributed by atoms with Crippen LogP contribution in [0.1, 0.15) is 18.1 Å². The van der Waals surface area contributed by atoms with E-state index in [9.17, 15) is 19.2 Å². The fourth-order valence-electron chi connectivity index (χ4n) is 3.11. The Morgan fingerprint density at radius 2 is 1.69 bits per heavy atom. The standard InChI is InChI=1S/C27H24FN3O4/c1-3-34-25-15-19(14-20(16-29)27(33)31-22-10-6-4-8-18(22)2)12-13-24(25)35-17-26(32)30-23-11-7-5-9-21(23)28/h4-15H,3,17H2,1-2H3,(H,30,32)(H,31,33)/b20-14-. The minimum Gasteiger partial charge on any atom is -0.490 e. The summed E-state index contributed by atoms with van der Waals surface area (Å²) in [5, 5.41) is 14.7. The van der Waals surface area contributed by atoms with Crippen LogP contribution in [0.15, 0.2) is 72.3 Å². The lowest BCUT2D eigenvalue weighted by molar-refractivity contribution is -0.118. The van der Waals surface area contributed by atoms with Crippen molar-refractivity contribution in [2.75, 3.05) is 23.8 Å². The van der Waals surface area contributed by atoms with Gasteiger partial charge in [0.1, 0.15) is 17.5 Å². The summed E-state index contributed by atoms with van der Waals surface area (Å²) in [7, 11) is 0. The lowest BCUT2D eigenvalue weighted by atomic mass is 10.1. The Balaban J connectivity index is 1.72. The summed E-state index contributed by atoms with van der Waals surface area (Å²) in [5.41, 5.74) is 1.99. The lowest BCUT2D eigenvalue weighted by Crippen LogP contribution is -2.21. The van der Waals surface area contributed by atoms with Crippen molar-refractivity contribution in [2.24, 2.45) is 0 Å². The molecule has 35 heavy (non-hydrogen) atoms. The molecular formula is C27H24FN3O4. The summed E-state index contributed by atoms with van der Waals surface area (Å²) in [6, 6.07) is 19.8. The van der Waals surface area contributed by atoms with Gasteiger partial charge in [0.05, 0.1) is 12.3 Å². The Morgan fingerprint density at radius 1 is 0.971 bits per heavy atom. The first kappa shape index (κ1) is 25.0. The van der Waals surface area contributed by atoms with E-state index in [0.717, 1.165) is 5.56 Å². The zero-order valence-corrected chi connectivity index (χ0v) is 19.3. The predicted octanol–water partition coefficient (Wildman–Crippen LogP) is 5.10. The van der Waals surface area contributed by atoms with Crippen LogP contribution in [0.3, 0.4) is 0 Å². The number of ether oxygens (including phenoxy) is 2. The van der Waals surface area contributed by atoms with E-state index in [2.05, 4.69) is 10.6 Å². The lowest BCUT2D eigenvalue weighted by Gasteiger charge is -2.13. The number of hydrogen-bond donors (Lipinski definition) is 2. The van der Waals surface area contributed by atoms with Gasteiger partial charge in [-0.1, -0.05) is 36.4 Å². The van der Waals surface area contributed by atoms with Crippen molar-refractivity contribution < 1.29 is 23.5 Å². The molecule has 0 radical (unpaired) electrons. The van der Waals surface area contributed by atoms with Gasteiger partial charge in [0, 0.05) is 5.69 Å². The number of carbonyl (C=O) groups is 2. The third-order valence-corrected chi connectivity index (χ3v) is 4.84. The molecule has 0 atom stereocenters. The van der Waals surface area contributed by atoms with Crippen molar-refractivity contribution >= 4 is 29.3 Å². The average molecular weight is 474 g/mol. The number of rotatable bonds is 9. The van der Waals surface area contributed by atoms with E-state index in [-0.39, 0.29) is 23.6 Å². The highest BCUT2D eigenvalue weighted by molar-refractivity contribution is 6.10. The number of hydrogen-bond acceptors (Lipinski definition) is 5. The molecule has 0 aliphatic heterocycles. The molecule has 0 aliphatic carbocycles. The zero-order valence-electron chi connectivity index (χ0n) is 19.3. The molecule has 3 aromatic rings. The number of aryl methyl sites for hydroxylation is 1. The maximum Gasteiger partial charge on any atom is 0.266 e. The first-order valence-corrected chi connectivity index (χ1v) is 10.8. The highest BCUT2D eigenvalue weighted by Crippen LogP contribution is 2.29. The highest BCUT2D eigenvalue weighted by atomic mass is 19.1. The fourth-order valence-corrected chi connectivity index (χ4v) is 3.11. The molecule has 7 nitrogen and oxygen atoms in total. The van der Waals surface area contributed by atoms with Gasteiger partial charge in [-0.25, -0.2) is 4.39 Å². The van der Waals surface area contributed by atoms with Crippen molar-refractivity contribution in [1.29, 1.82) is 5.26 Å². The molecule has 8 heteroatoms. The Morgan fingerprint density at radius 3 is 2.37 bits per heavy atom. The minimum atomic E-state index is -0.549. The smallest absolute Gasteiger partial charge is 0.266 e. The van der Waals surface area contributed by atoms with Gasteiger partial charge in [-0.3, -0.25) is 9.59 Å². The van der Waals surface area contributed by atoms with Crippen molar-refractivity contribution in [1.82, 2.24) is 0 Å². The molecule has 0 saturated heterocycles. The molecule has 0 bridgehead atoms. The number of carbonyl (C=O) groups excluding carboxylic acids is 2. The topological polar surface area (TPSA) is 100 Å². The molecule has 0 saturated carbocycles. The number of halogens is 1. The number of anilines is 2. The summed E-state index contributed by atoms with van der Waals surface area (Å²) in [6.07, 6.45) is 1.44. The van der Waals surface area contributed by atoms with Crippen molar-refractivity contribution in [3.05, 3.63) is 89.2 Å². The quantitative estimate of drug-likeness (QED) is 0.333. The van der Waals surface area contributed by atoms with Crippen LogP contribution in [-0.4, -0.2) is 25.0 Å². The van der Waals surface area contributed by atoms with Gasteiger partial charge in [0.25, 0.3) is 11.8 Å². The SMILES string of the molecule is CCOc1cc(/C=C(/C#N)C(=O)Nc2ccccc2C)ccc1OCC(=O)Nc1ccccc1F. The second-order valence-corrected chi connectivity index (χ2v) is 7.39. The number of nitrogens with one attached hydrogen (secondary N) is 2. The second kappa shape index (κ2) is 12.0. The number of benzene rings is 3. The highest BCUT2D eigenvalue weighted by Gasteiger charge is 2.14. The first-order valence-electron chi connectivity index (χ1n) is 10.8. The second-order valence-electron chi connectivity index (χ2n) is 7.39. The molecule has 0 unspecified atom stereocenters. The van der Waals surface area contributed by atoms with Crippen LogP contribution >= 0.6 is 0 Å². The average Bonchev–Trinajstić information content (AvgIpc) is 2.85. The maximum absolute atomic E-state index is 13.7. The number of nitrogens with zero attached hydrogens (tertiary/aromatic N) is 1. The molecule has 2 amide bonds. The summed E-state index contributed by atoms with van der Waals surface area (Å²) < 4.78 is 24.9. The van der Waals surface area contributed by atoms with E-state index in [1.165, 1.54) is 24.3 Å².